The first kappa shape index (κ1) is 25.3. The van der Waals surface area contributed by atoms with Crippen LogP contribution in [0.3, 0.4) is 0 Å². The normalized spacial score (nSPS) is 22.5. The van der Waals surface area contributed by atoms with Gasteiger partial charge in [0, 0.05) is 24.9 Å². The Bertz CT molecular complexity index is 1200. The predicted octanol–water partition coefficient (Wildman–Crippen LogP) is 1.51. The molecule has 36 heavy (non-hydrogen) atoms. The van der Waals surface area contributed by atoms with Crippen molar-refractivity contribution in [1.29, 1.82) is 0 Å². The van der Waals surface area contributed by atoms with Crippen molar-refractivity contribution in [2.45, 2.75) is 37.6 Å². The largest absolute Gasteiger partial charge is 0.484 e. The molecule has 0 spiro atoms. The fourth-order valence-electron chi connectivity index (χ4n) is 4.47. The number of hydrogen-bond acceptors (Lipinski definition) is 8. The lowest BCUT2D eigenvalue weighted by Gasteiger charge is -2.51. The van der Waals surface area contributed by atoms with Gasteiger partial charge in [-0.2, -0.15) is 0 Å². The molecule has 5 rings (SSSR count). The lowest BCUT2D eigenvalue weighted by molar-refractivity contribution is -0.152. The molecule has 3 aliphatic carbocycles. The molecular weight excluding hydrogens is 497 g/mol. The first-order valence-corrected chi connectivity index (χ1v) is 11.4. The molecule has 1 aromatic heterocycles. The van der Waals surface area contributed by atoms with Crippen molar-refractivity contribution < 1.29 is 33.0 Å². The van der Waals surface area contributed by atoms with Gasteiger partial charge < -0.3 is 14.8 Å². The first-order chi connectivity index (χ1) is 17.2. The van der Waals surface area contributed by atoms with E-state index in [1.54, 1.807) is 0 Å². The summed E-state index contributed by atoms with van der Waals surface area (Å²) in [5.74, 6) is -2.45. The number of ether oxygens (including phenoxy) is 2. The van der Waals surface area contributed by atoms with Crippen LogP contribution in [0.15, 0.2) is 30.6 Å². The molecule has 190 valence electrons. The van der Waals surface area contributed by atoms with E-state index in [-0.39, 0.29) is 47.4 Å². The molecule has 0 unspecified atom stereocenters. The van der Waals surface area contributed by atoms with Gasteiger partial charge in [0.05, 0.1) is 28.6 Å². The van der Waals surface area contributed by atoms with E-state index in [1.165, 1.54) is 31.6 Å². The maximum atomic E-state index is 13.5. The number of Topliss-reactive ketones (excluding diaryl/α,β-unsaturated/α-hetero) is 1. The van der Waals surface area contributed by atoms with Crippen LogP contribution in [0, 0.1) is 11.2 Å². The van der Waals surface area contributed by atoms with Crippen LogP contribution in [0.25, 0.3) is 0 Å². The van der Waals surface area contributed by atoms with Crippen molar-refractivity contribution >= 4 is 35.1 Å². The third-order valence-corrected chi connectivity index (χ3v) is 6.88. The van der Waals surface area contributed by atoms with Crippen molar-refractivity contribution in [2.24, 2.45) is 5.41 Å². The Kier molecular flexibility index (Phi) is 7.07. The van der Waals surface area contributed by atoms with Gasteiger partial charge in [0.15, 0.2) is 12.4 Å². The highest BCUT2D eigenvalue weighted by Crippen LogP contribution is 2.50. The molecule has 11 nitrogen and oxygen atoms in total. The van der Waals surface area contributed by atoms with E-state index in [0.717, 1.165) is 6.07 Å². The summed E-state index contributed by atoms with van der Waals surface area (Å²) in [6, 6.07) is 3.90. The van der Waals surface area contributed by atoms with Crippen LogP contribution in [0.5, 0.6) is 11.8 Å². The number of nitrogens with one attached hydrogen (secondary N) is 3. The van der Waals surface area contributed by atoms with Gasteiger partial charge in [0.25, 0.3) is 11.8 Å². The molecule has 2 aromatic rings. The molecule has 3 amide bonds. The van der Waals surface area contributed by atoms with Crippen molar-refractivity contribution in [3.05, 3.63) is 47.0 Å². The van der Waals surface area contributed by atoms with Crippen molar-refractivity contribution in [3.63, 3.8) is 0 Å². The minimum atomic E-state index is -1.09. The lowest BCUT2D eigenvalue weighted by Crippen LogP contribution is -2.66. The van der Waals surface area contributed by atoms with Gasteiger partial charge in [-0.3, -0.25) is 30.0 Å². The summed E-state index contributed by atoms with van der Waals surface area (Å²) in [4.78, 5) is 58.3. The predicted molar refractivity (Wildman–Crippen MR) is 122 cm³/mol. The highest BCUT2D eigenvalue weighted by atomic mass is 35.5. The summed E-state index contributed by atoms with van der Waals surface area (Å²) in [5.41, 5.74) is 2.75. The third-order valence-electron chi connectivity index (χ3n) is 6.58. The second-order valence-electron chi connectivity index (χ2n) is 8.74. The second kappa shape index (κ2) is 10.1. The van der Waals surface area contributed by atoms with E-state index in [9.17, 15) is 23.6 Å². The zero-order valence-electron chi connectivity index (χ0n) is 19.2. The number of halogens is 2. The lowest BCUT2D eigenvalue weighted by atomic mass is 9.56. The number of hydrazine groups is 1. The summed E-state index contributed by atoms with van der Waals surface area (Å²) in [7, 11) is 1.39. The molecule has 0 radical (unpaired) electrons. The maximum Gasteiger partial charge on any atom is 0.316 e. The number of nitrogens with zero attached hydrogens (tertiary/aromatic N) is 2. The average molecular weight is 520 g/mol. The topological polar surface area (TPSA) is 149 Å². The molecule has 0 atom stereocenters. The number of rotatable bonds is 7. The third kappa shape index (κ3) is 5.08. The Morgan fingerprint density at radius 2 is 1.81 bits per heavy atom. The fraction of sp³-hybridized carbons (Fsp3) is 0.391. The molecule has 1 heterocycles. The zero-order valence-corrected chi connectivity index (χ0v) is 20.0. The van der Waals surface area contributed by atoms with Gasteiger partial charge in [0.1, 0.15) is 11.6 Å². The quantitative estimate of drug-likeness (QED) is 0.466. The fourth-order valence-corrected chi connectivity index (χ4v) is 4.58. The molecule has 3 fully saturated rings. The highest BCUT2D eigenvalue weighted by Gasteiger charge is 2.58. The molecule has 3 aliphatic rings. The number of benzene rings is 1. The molecular formula is C23H23ClFN5O6. The smallest absolute Gasteiger partial charge is 0.316 e. The summed E-state index contributed by atoms with van der Waals surface area (Å²) >= 11 is 5.63. The minimum absolute atomic E-state index is 0.0671. The molecule has 3 N–H and O–H groups in total. The van der Waals surface area contributed by atoms with E-state index >= 15 is 0 Å². The Labute approximate surface area is 210 Å². The molecule has 0 saturated heterocycles. The van der Waals surface area contributed by atoms with Crippen LogP contribution in [0.1, 0.15) is 42.5 Å². The van der Waals surface area contributed by atoms with E-state index < -0.39 is 41.1 Å². The molecule has 0 aliphatic heterocycles. The van der Waals surface area contributed by atoms with Crippen molar-refractivity contribution in [2.75, 3.05) is 13.7 Å². The number of aromatic nitrogens is 2. The average Bonchev–Trinajstić information content (AvgIpc) is 2.88. The number of carbonyl (C=O) groups is 4. The number of amides is 3. The molecule has 1 aromatic carbocycles. The Morgan fingerprint density at radius 3 is 2.42 bits per heavy atom. The zero-order chi connectivity index (χ0) is 25.9. The summed E-state index contributed by atoms with van der Waals surface area (Å²) in [6.45, 7) is -0.414. The van der Waals surface area contributed by atoms with E-state index in [1.807, 2.05) is 0 Å². The number of hydrogen-bond donors (Lipinski definition) is 3. The van der Waals surface area contributed by atoms with Gasteiger partial charge in [-0.1, -0.05) is 11.6 Å². The van der Waals surface area contributed by atoms with Crippen molar-refractivity contribution in [3.8, 4) is 11.8 Å². The van der Waals surface area contributed by atoms with E-state index in [2.05, 4.69) is 26.1 Å². The number of carbonyl (C=O) groups excluding carboxylic acids is 4. The van der Waals surface area contributed by atoms with Crippen molar-refractivity contribution in [1.82, 2.24) is 26.1 Å². The standard InChI is InChI=1S/C23H23ClFN5O6/c1-35-21-26-10-13(11-27-21)19(33)29-30-20(34)22-4-6-23(7-5-22,17(31)9-22)28-18(32)12-36-14-2-3-15(24)16(25)8-14/h2-3,8,10-11H,4-7,9,12H2,1H3,(H,28,32)(H,29,33)(H,30,34). The van der Waals surface area contributed by atoms with Crippen LogP contribution in [-0.4, -0.2) is 52.7 Å². The van der Waals surface area contributed by atoms with Crippen LogP contribution < -0.4 is 25.6 Å². The first-order valence-electron chi connectivity index (χ1n) is 11.1. The Hall–Kier alpha value is -3.80. The van der Waals surface area contributed by atoms with E-state index in [0.29, 0.717) is 12.8 Å². The maximum absolute atomic E-state index is 13.5. The van der Waals surface area contributed by atoms with Crippen LogP contribution in [0.2, 0.25) is 5.02 Å². The van der Waals surface area contributed by atoms with Gasteiger partial charge in [-0.05, 0) is 37.8 Å². The highest BCUT2D eigenvalue weighted by molar-refractivity contribution is 6.30. The Balaban J connectivity index is 1.30. The summed E-state index contributed by atoms with van der Waals surface area (Å²) < 4.78 is 23.7. The van der Waals surface area contributed by atoms with E-state index in [4.69, 9.17) is 21.1 Å². The monoisotopic (exact) mass is 519 g/mol. The van der Waals surface area contributed by atoms with Crippen LogP contribution in [-0.2, 0) is 14.4 Å². The second-order valence-corrected chi connectivity index (χ2v) is 9.15. The molecule has 2 bridgehead atoms. The summed E-state index contributed by atoms with van der Waals surface area (Å²) in [5, 5.41) is 2.68. The number of methoxy groups -OCH3 is 1. The van der Waals surface area contributed by atoms with Crippen LogP contribution in [0.4, 0.5) is 4.39 Å². The van der Waals surface area contributed by atoms with Gasteiger partial charge in [-0.15, -0.1) is 0 Å². The van der Waals surface area contributed by atoms with Gasteiger partial charge in [0.2, 0.25) is 5.91 Å². The Morgan fingerprint density at radius 1 is 1.11 bits per heavy atom. The number of ketones is 1. The molecule has 3 saturated carbocycles. The van der Waals surface area contributed by atoms with Crippen LogP contribution >= 0.6 is 11.6 Å². The minimum Gasteiger partial charge on any atom is -0.484 e. The number of fused-ring (bicyclic) bond motifs is 3. The molecule has 13 heteroatoms. The van der Waals surface area contributed by atoms with Gasteiger partial charge >= 0.3 is 6.01 Å². The summed E-state index contributed by atoms with van der Waals surface area (Å²) in [6.07, 6.45) is 3.64. The SMILES string of the molecule is COc1ncc(C(=O)NNC(=O)C23CCC(NC(=O)COc4ccc(Cl)c(F)c4)(CC2)C(=O)C3)cn1. The van der Waals surface area contributed by atoms with Gasteiger partial charge in [-0.25, -0.2) is 14.4 Å².